The van der Waals surface area contributed by atoms with Crippen LogP contribution >= 0.6 is 0 Å². The summed E-state index contributed by atoms with van der Waals surface area (Å²) in [7, 11) is 3.21. The summed E-state index contributed by atoms with van der Waals surface area (Å²) < 4.78 is 10.4. The minimum atomic E-state index is 0.424. The average molecular weight is 231 g/mol. The van der Waals surface area contributed by atoms with Crippen LogP contribution in [0.25, 0.3) is 11.3 Å². The Balaban J connectivity index is 2.51. The summed E-state index contributed by atoms with van der Waals surface area (Å²) in [6.07, 6.45) is 1.42. The van der Waals surface area contributed by atoms with Crippen molar-refractivity contribution in [2.45, 2.75) is 0 Å². The molecule has 0 aliphatic carbocycles. The highest BCUT2D eigenvalue weighted by molar-refractivity contribution is 5.69. The van der Waals surface area contributed by atoms with Crippen molar-refractivity contribution in [1.29, 1.82) is 0 Å². The van der Waals surface area contributed by atoms with E-state index in [1.807, 2.05) is 12.1 Å². The molecule has 1 heterocycles. The van der Waals surface area contributed by atoms with Crippen molar-refractivity contribution in [2.75, 3.05) is 20.0 Å². The summed E-state index contributed by atoms with van der Waals surface area (Å²) in [5.41, 5.74) is 7.20. The second-order valence-electron chi connectivity index (χ2n) is 3.39. The van der Waals surface area contributed by atoms with Crippen molar-refractivity contribution in [3.8, 4) is 22.8 Å². The first-order valence-electron chi connectivity index (χ1n) is 5.04. The van der Waals surface area contributed by atoms with Gasteiger partial charge in [0.05, 0.1) is 19.9 Å². The molecule has 0 atom stereocenters. The van der Waals surface area contributed by atoms with Crippen molar-refractivity contribution in [2.24, 2.45) is 0 Å². The van der Waals surface area contributed by atoms with Crippen molar-refractivity contribution < 1.29 is 9.47 Å². The number of nitrogens with zero attached hydrogens (tertiary/aromatic N) is 2. The number of hydrogen-bond donors (Lipinski definition) is 1. The maximum atomic E-state index is 5.63. The number of hydrogen-bond acceptors (Lipinski definition) is 5. The van der Waals surface area contributed by atoms with Crippen LogP contribution in [-0.4, -0.2) is 24.2 Å². The topological polar surface area (TPSA) is 70.3 Å². The molecule has 0 aliphatic rings. The van der Waals surface area contributed by atoms with Crippen LogP contribution in [0.1, 0.15) is 0 Å². The number of benzene rings is 1. The smallest absolute Gasteiger partial charge is 0.131 e. The third-order valence-corrected chi connectivity index (χ3v) is 2.37. The summed E-state index contributed by atoms with van der Waals surface area (Å²) in [5.74, 6) is 1.84. The number of nitrogens with two attached hydrogens (primary N) is 1. The van der Waals surface area contributed by atoms with E-state index in [2.05, 4.69) is 9.97 Å². The molecule has 2 N–H and O–H groups in total. The van der Waals surface area contributed by atoms with E-state index in [4.69, 9.17) is 15.2 Å². The molecule has 0 fully saturated rings. The number of aromatic nitrogens is 2. The van der Waals surface area contributed by atoms with Crippen LogP contribution in [0.2, 0.25) is 0 Å². The zero-order chi connectivity index (χ0) is 12.3. The quantitative estimate of drug-likeness (QED) is 0.871. The molecule has 88 valence electrons. The Labute approximate surface area is 99.2 Å². The fourth-order valence-corrected chi connectivity index (χ4v) is 1.53. The van der Waals surface area contributed by atoms with Gasteiger partial charge in [0.15, 0.2) is 0 Å². The van der Waals surface area contributed by atoms with Crippen molar-refractivity contribution >= 4 is 5.82 Å². The molecule has 0 bridgehead atoms. The standard InChI is InChI=1S/C12H13N3O2/c1-16-8-3-4-9(11(5-8)17-2)10-6-12(13)15-7-14-10/h3-7H,1-2H3,(H2,13,14,15). The zero-order valence-corrected chi connectivity index (χ0v) is 9.68. The van der Waals surface area contributed by atoms with E-state index in [-0.39, 0.29) is 0 Å². The van der Waals surface area contributed by atoms with Gasteiger partial charge in [-0.2, -0.15) is 0 Å². The number of nitrogen functional groups attached to an aromatic ring is 1. The van der Waals surface area contributed by atoms with Crippen LogP contribution in [0.4, 0.5) is 5.82 Å². The van der Waals surface area contributed by atoms with Crippen LogP contribution in [0.15, 0.2) is 30.6 Å². The molecule has 0 aliphatic heterocycles. The van der Waals surface area contributed by atoms with Gasteiger partial charge in [-0.3, -0.25) is 0 Å². The number of ether oxygens (including phenoxy) is 2. The molecule has 0 amide bonds. The van der Waals surface area contributed by atoms with E-state index in [1.165, 1.54) is 6.33 Å². The summed E-state index contributed by atoms with van der Waals surface area (Å²) in [6.45, 7) is 0. The normalized spacial score (nSPS) is 10.0. The molecule has 1 aromatic heterocycles. The van der Waals surface area contributed by atoms with Gasteiger partial charge >= 0.3 is 0 Å². The maximum absolute atomic E-state index is 5.63. The molecule has 17 heavy (non-hydrogen) atoms. The Bertz CT molecular complexity index is 529. The Morgan fingerprint density at radius 3 is 2.53 bits per heavy atom. The van der Waals surface area contributed by atoms with E-state index in [0.717, 1.165) is 17.0 Å². The van der Waals surface area contributed by atoms with Crippen LogP contribution in [-0.2, 0) is 0 Å². The SMILES string of the molecule is COc1ccc(-c2cc(N)ncn2)c(OC)c1. The predicted octanol–water partition coefficient (Wildman–Crippen LogP) is 1.74. The monoisotopic (exact) mass is 231 g/mol. The highest BCUT2D eigenvalue weighted by Crippen LogP contribution is 2.32. The third-order valence-electron chi connectivity index (χ3n) is 2.37. The minimum absolute atomic E-state index is 0.424. The fourth-order valence-electron chi connectivity index (χ4n) is 1.53. The lowest BCUT2D eigenvalue weighted by molar-refractivity contribution is 0.395. The van der Waals surface area contributed by atoms with Gasteiger partial charge in [0, 0.05) is 17.7 Å². The minimum Gasteiger partial charge on any atom is -0.497 e. The first-order valence-corrected chi connectivity index (χ1v) is 5.04. The predicted molar refractivity (Wildman–Crippen MR) is 65.0 cm³/mol. The van der Waals surface area contributed by atoms with E-state index < -0.39 is 0 Å². The Hall–Kier alpha value is -2.30. The summed E-state index contributed by atoms with van der Waals surface area (Å²) in [5, 5.41) is 0. The zero-order valence-electron chi connectivity index (χ0n) is 9.68. The van der Waals surface area contributed by atoms with Gasteiger partial charge in [0.1, 0.15) is 23.6 Å². The first kappa shape index (κ1) is 11.2. The van der Waals surface area contributed by atoms with Gasteiger partial charge in [-0.05, 0) is 12.1 Å². The molecular formula is C12H13N3O2. The lowest BCUT2D eigenvalue weighted by Crippen LogP contribution is -1.95. The Morgan fingerprint density at radius 1 is 1.06 bits per heavy atom. The Morgan fingerprint density at radius 2 is 1.88 bits per heavy atom. The van der Waals surface area contributed by atoms with Gasteiger partial charge in [-0.1, -0.05) is 0 Å². The number of methoxy groups -OCH3 is 2. The molecule has 2 aromatic rings. The maximum Gasteiger partial charge on any atom is 0.131 e. The van der Waals surface area contributed by atoms with E-state index in [9.17, 15) is 0 Å². The third kappa shape index (κ3) is 2.28. The van der Waals surface area contributed by atoms with Gasteiger partial charge < -0.3 is 15.2 Å². The first-order chi connectivity index (χ1) is 8.24. The molecule has 0 unspecified atom stereocenters. The van der Waals surface area contributed by atoms with Gasteiger partial charge in [0.2, 0.25) is 0 Å². The van der Waals surface area contributed by atoms with Crippen molar-refractivity contribution in [3.63, 3.8) is 0 Å². The van der Waals surface area contributed by atoms with E-state index in [1.54, 1.807) is 26.4 Å². The highest BCUT2D eigenvalue weighted by Gasteiger charge is 2.09. The molecule has 0 saturated carbocycles. The molecule has 0 spiro atoms. The molecule has 1 aromatic carbocycles. The molecule has 0 saturated heterocycles. The summed E-state index contributed by atoms with van der Waals surface area (Å²) in [6, 6.07) is 7.22. The van der Waals surface area contributed by atoms with Crippen LogP contribution in [0, 0.1) is 0 Å². The van der Waals surface area contributed by atoms with Crippen molar-refractivity contribution in [3.05, 3.63) is 30.6 Å². The highest BCUT2D eigenvalue weighted by atomic mass is 16.5. The average Bonchev–Trinajstić information content (AvgIpc) is 2.38. The van der Waals surface area contributed by atoms with Crippen LogP contribution in [0.5, 0.6) is 11.5 Å². The molecule has 2 rings (SSSR count). The lowest BCUT2D eigenvalue weighted by atomic mass is 10.1. The van der Waals surface area contributed by atoms with Gasteiger partial charge in [0.25, 0.3) is 0 Å². The molecule has 0 radical (unpaired) electrons. The molecule has 5 heteroatoms. The molecule has 5 nitrogen and oxygen atoms in total. The second-order valence-corrected chi connectivity index (χ2v) is 3.39. The van der Waals surface area contributed by atoms with Crippen LogP contribution in [0.3, 0.4) is 0 Å². The van der Waals surface area contributed by atoms with E-state index >= 15 is 0 Å². The van der Waals surface area contributed by atoms with Gasteiger partial charge in [-0.25, -0.2) is 9.97 Å². The fraction of sp³-hybridized carbons (Fsp3) is 0.167. The van der Waals surface area contributed by atoms with Gasteiger partial charge in [-0.15, -0.1) is 0 Å². The molecular weight excluding hydrogens is 218 g/mol. The lowest BCUT2D eigenvalue weighted by Gasteiger charge is -2.09. The number of rotatable bonds is 3. The second kappa shape index (κ2) is 4.69. The van der Waals surface area contributed by atoms with Crippen LogP contribution < -0.4 is 15.2 Å². The summed E-state index contributed by atoms with van der Waals surface area (Å²) in [4.78, 5) is 8.02. The van der Waals surface area contributed by atoms with Crippen molar-refractivity contribution in [1.82, 2.24) is 9.97 Å². The largest absolute Gasteiger partial charge is 0.497 e. The number of anilines is 1. The van der Waals surface area contributed by atoms with E-state index in [0.29, 0.717) is 11.6 Å². The summed E-state index contributed by atoms with van der Waals surface area (Å²) >= 11 is 0. The Kier molecular flexibility index (Phi) is 3.09.